The molecule has 0 N–H and O–H groups in total. The maximum Gasteiger partial charge on any atom is 0.237 e. The van der Waals surface area contributed by atoms with Gasteiger partial charge in [0.1, 0.15) is 0 Å². The van der Waals surface area contributed by atoms with Crippen LogP contribution in [0.2, 0.25) is 0 Å². The van der Waals surface area contributed by atoms with Gasteiger partial charge in [-0.1, -0.05) is 50.3 Å². The summed E-state index contributed by atoms with van der Waals surface area (Å²) in [6.45, 7) is 1.63. The summed E-state index contributed by atoms with van der Waals surface area (Å²) < 4.78 is 36.7. The largest absolute Gasteiger partial charge is 0.478 e. The van der Waals surface area contributed by atoms with Crippen LogP contribution in [-0.2, 0) is 44.8 Å². The van der Waals surface area contributed by atoms with Gasteiger partial charge in [0.2, 0.25) is 29.5 Å². The number of carbonyl (C=O) groups is 3. The predicted molar refractivity (Wildman–Crippen MR) is 361 cm³/mol. The average molecular weight is 1290 g/mol. The van der Waals surface area contributed by atoms with Crippen LogP contribution < -0.4 is 19.4 Å². The summed E-state index contributed by atoms with van der Waals surface area (Å²) in [5.41, 5.74) is 11.2. The first kappa shape index (κ1) is 67.1. The molecule has 0 atom stereocenters. The summed E-state index contributed by atoms with van der Waals surface area (Å²) in [5, 5.41) is 3.13. The zero-order valence-corrected chi connectivity index (χ0v) is 52.5. The molecule has 8 aromatic rings. The van der Waals surface area contributed by atoms with Crippen LogP contribution in [0.1, 0.15) is 122 Å². The summed E-state index contributed by atoms with van der Waals surface area (Å²) in [4.78, 5) is 69.6. The number of likely N-dealkylation sites (N-methyl/N-ethyl adjacent to an activating group) is 3. The molecular weight excluding hydrogens is 1200 g/mol. The summed E-state index contributed by atoms with van der Waals surface area (Å²) in [7, 11) is 14.9. The molecule has 5 aromatic heterocycles. The van der Waals surface area contributed by atoms with Crippen molar-refractivity contribution < 1.29 is 37.7 Å². The first-order valence-corrected chi connectivity index (χ1v) is 31.1. The van der Waals surface area contributed by atoms with Crippen molar-refractivity contribution in [2.45, 2.75) is 140 Å². The fourth-order valence-electron chi connectivity index (χ4n) is 14.9. The van der Waals surface area contributed by atoms with Crippen molar-refractivity contribution in [1.29, 1.82) is 0 Å². The molecule has 18 heteroatoms. The van der Waals surface area contributed by atoms with Crippen LogP contribution in [-0.4, -0.2) is 136 Å². The fourth-order valence-corrected chi connectivity index (χ4v) is 15.2. The molecule has 3 spiro atoms. The fraction of sp³-hybridized carbons (Fsp3) is 0.444. The lowest BCUT2D eigenvalue weighted by Crippen LogP contribution is -2.42. The molecule has 3 fully saturated rings. The van der Waals surface area contributed by atoms with Crippen molar-refractivity contribution >= 4 is 83.4 Å². The number of anilines is 3. The van der Waals surface area contributed by atoms with Crippen LogP contribution in [0.25, 0.3) is 55.0 Å². The van der Waals surface area contributed by atoms with Gasteiger partial charge < -0.3 is 38.5 Å². The Hall–Kier alpha value is -7.35. The third kappa shape index (κ3) is 11.9. The first-order chi connectivity index (χ1) is 42.0. The van der Waals surface area contributed by atoms with Gasteiger partial charge in [0, 0.05) is 116 Å². The maximum atomic E-state index is 13.5. The van der Waals surface area contributed by atoms with Crippen molar-refractivity contribution in [3.63, 3.8) is 0 Å². The van der Waals surface area contributed by atoms with Crippen molar-refractivity contribution in [2.75, 3.05) is 84.4 Å². The number of aromatic nitrogens is 5. The number of carbonyl (C=O) groups excluding carboxylic acids is 3. The molecule has 3 aliphatic heterocycles. The Morgan fingerprint density at radius 3 is 1.22 bits per heavy atom. The number of halogens is 2. The molecular formula is C72H87BrFN9O7. The van der Waals surface area contributed by atoms with E-state index in [4.69, 9.17) is 23.9 Å². The van der Waals surface area contributed by atoms with Gasteiger partial charge in [0.05, 0.1) is 93.4 Å². The Morgan fingerprint density at radius 1 is 0.500 bits per heavy atom. The van der Waals surface area contributed by atoms with Crippen LogP contribution in [0.15, 0.2) is 114 Å². The molecule has 0 bridgehead atoms. The first-order valence-electron chi connectivity index (χ1n) is 30.3. The summed E-state index contributed by atoms with van der Waals surface area (Å²) >= 11 is 3.56. The van der Waals surface area contributed by atoms with E-state index in [2.05, 4.69) is 79.1 Å². The minimum Gasteiger partial charge on any atom is -0.478 e. The Balaban J connectivity index is 0.000000161. The van der Waals surface area contributed by atoms with Crippen LogP contribution >= 0.6 is 15.9 Å². The van der Waals surface area contributed by atoms with E-state index < -0.39 is 22.2 Å². The highest BCUT2D eigenvalue weighted by Crippen LogP contribution is 2.55. The molecule has 8 heterocycles. The van der Waals surface area contributed by atoms with E-state index in [1.807, 2.05) is 88.4 Å². The smallest absolute Gasteiger partial charge is 0.237 e. The monoisotopic (exact) mass is 1290 g/mol. The molecule has 6 aliphatic rings. The van der Waals surface area contributed by atoms with Gasteiger partial charge in [-0.15, -0.1) is 0 Å². The standard InChI is InChI=1S/C28H34N4O3.C23H22FN3O2.C18H19BrN2O2.3CH4/c1-31(2)14-5-15-35-25-9-7-20(17-30-25)19-6-8-23-22(16-19)26-24(18-29-23)32(3)27(33)28(26)12-10-21(34-4)11-13-28;1-27-19-13-25-18-5-3-14(15-4-6-20(24)26-12-15)11-17(18)21(19)23(22(27)28)9-7-16(29-2)8-10-23;1-21-15-10-20-14-4-3-11(19)9-13(14)16(15)18(17(21)22)7-5-12(23-2)6-8-18;;;/h6-9,16-18,21H,5,10-15H2,1-4H3;3-6,11-13,16H,7-10H2,1-2H3;3-4,9-10,12H,5-8H2,1-2H3;3*1H4. The number of benzene rings is 3. The quantitative estimate of drug-likeness (QED) is 0.0939. The number of hydrogen-bond acceptors (Lipinski definition) is 13. The summed E-state index contributed by atoms with van der Waals surface area (Å²) in [6, 6.07) is 25.4. The summed E-state index contributed by atoms with van der Waals surface area (Å²) in [5.74, 6) is 0.663. The molecule has 476 valence electrons. The van der Waals surface area contributed by atoms with Gasteiger partial charge in [-0.2, -0.15) is 4.39 Å². The minimum atomic E-state index is -0.528. The van der Waals surface area contributed by atoms with Crippen LogP contribution in [0.3, 0.4) is 0 Å². The number of ether oxygens (including phenoxy) is 4. The number of methoxy groups -OCH3 is 3. The average Bonchev–Trinajstić information content (AvgIpc) is 1.57. The Bertz CT molecular complexity index is 3920. The second kappa shape index (κ2) is 27.2. The van der Waals surface area contributed by atoms with Gasteiger partial charge >= 0.3 is 0 Å². The van der Waals surface area contributed by atoms with Crippen molar-refractivity contribution in [3.8, 4) is 28.1 Å². The van der Waals surface area contributed by atoms with Gasteiger partial charge in [0.25, 0.3) is 0 Å². The molecule has 0 unspecified atom stereocenters. The molecule has 3 aromatic carbocycles. The summed E-state index contributed by atoms with van der Waals surface area (Å²) in [6.07, 6.45) is 20.7. The molecule has 14 rings (SSSR count). The van der Waals surface area contributed by atoms with Gasteiger partial charge in [-0.05, 0) is 169 Å². The number of amides is 3. The van der Waals surface area contributed by atoms with Gasteiger partial charge in [-0.3, -0.25) is 29.3 Å². The van der Waals surface area contributed by atoms with E-state index in [1.165, 1.54) is 12.3 Å². The lowest BCUT2D eigenvalue weighted by Gasteiger charge is -2.36. The number of nitrogens with zero attached hydrogens (tertiary/aromatic N) is 9. The SMILES string of the molecule is C.C.C.COC1CCC2(CC1)C(=O)N(C)c1cnc3ccc(-c4ccc(F)nc4)cc3c12.COC1CCC2(CC1)C(=O)N(C)c1cnc3ccc(-c4ccc(OCCCN(C)C)nc4)cc3c12.COC1CCC2(CC1)C(=O)N(C)c1cnc3ccc(Br)cc3c12. The van der Waals surface area contributed by atoms with E-state index in [0.717, 1.165) is 183 Å². The van der Waals surface area contributed by atoms with Crippen molar-refractivity contribution in [1.82, 2.24) is 29.8 Å². The van der Waals surface area contributed by atoms with Gasteiger partial charge in [0.15, 0.2) is 0 Å². The third-order valence-electron chi connectivity index (χ3n) is 19.7. The lowest BCUT2D eigenvalue weighted by atomic mass is 9.68. The molecule has 90 heavy (non-hydrogen) atoms. The zero-order valence-electron chi connectivity index (χ0n) is 50.9. The zero-order chi connectivity index (χ0) is 60.9. The molecule has 0 saturated heterocycles. The van der Waals surface area contributed by atoms with E-state index >= 15 is 0 Å². The number of hydrogen-bond donors (Lipinski definition) is 0. The second-order valence-corrected chi connectivity index (χ2v) is 25.5. The maximum absolute atomic E-state index is 13.5. The van der Waals surface area contributed by atoms with E-state index in [-0.39, 0.29) is 58.3 Å². The normalized spacial score (nSPS) is 23.0. The van der Waals surface area contributed by atoms with Gasteiger partial charge in [-0.25, -0.2) is 9.97 Å². The number of rotatable bonds is 10. The Morgan fingerprint density at radius 2 is 0.867 bits per heavy atom. The number of pyridine rings is 5. The van der Waals surface area contributed by atoms with Crippen LogP contribution in [0.4, 0.5) is 21.5 Å². The molecule has 0 radical (unpaired) electrons. The van der Waals surface area contributed by atoms with E-state index in [1.54, 1.807) is 42.1 Å². The van der Waals surface area contributed by atoms with Crippen LogP contribution in [0.5, 0.6) is 5.88 Å². The molecule has 3 amide bonds. The molecule has 16 nitrogen and oxygen atoms in total. The predicted octanol–water partition coefficient (Wildman–Crippen LogP) is 14.4. The Labute approximate surface area is 538 Å². The van der Waals surface area contributed by atoms with Crippen LogP contribution in [0, 0.1) is 5.95 Å². The van der Waals surface area contributed by atoms with E-state index in [9.17, 15) is 18.8 Å². The van der Waals surface area contributed by atoms with E-state index in [0.29, 0.717) is 12.5 Å². The molecule has 3 aliphatic carbocycles. The lowest BCUT2D eigenvalue weighted by molar-refractivity contribution is -0.125. The topological polar surface area (TPSA) is 166 Å². The molecule has 3 saturated carbocycles. The third-order valence-corrected chi connectivity index (χ3v) is 20.1. The number of fused-ring (bicyclic) bond motifs is 12. The highest BCUT2D eigenvalue weighted by Gasteiger charge is 2.55. The van der Waals surface area contributed by atoms with Crippen molar-refractivity contribution in [3.05, 3.63) is 137 Å². The highest BCUT2D eigenvalue weighted by molar-refractivity contribution is 9.10. The minimum absolute atomic E-state index is 0. The van der Waals surface area contributed by atoms with Crippen molar-refractivity contribution in [2.24, 2.45) is 0 Å². The highest BCUT2D eigenvalue weighted by atomic mass is 79.9. The Kier molecular flexibility index (Phi) is 20.3. The second-order valence-electron chi connectivity index (χ2n) is 24.6.